The van der Waals surface area contributed by atoms with Crippen molar-refractivity contribution in [2.45, 2.75) is 56.8 Å². The molecule has 0 saturated heterocycles. The van der Waals surface area contributed by atoms with E-state index in [4.69, 9.17) is 4.98 Å². The maximum Gasteiger partial charge on any atom is 0 e. The first-order valence-electron chi connectivity index (χ1n) is 20.0. The van der Waals surface area contributed by atoms with E-state index in [1.807, 2.05) is 30.5 Å². The van der Waals surface area contributed by atoms with E-state index in [0.717, 1.165) is 33.7 Å². The first kappa shape index (κ1) is 41.0. The molecule has 7 aromatic carbocycles. The summed E-state index contributed by atoms with van der Waals surface area (Å²) in [4.78, 5) is 9.77. The number of imidazole rings is 1. The number of benzene rings is 7. The second kappa shape index (κ2) is 17.4. The Bertz CT molecular complexity index is 2790. The van der Waals surface area contributed by atoms with Gasteiger partial charge >= 0.3 is 99.8 Å². The summed E-state index contributed by atoms with van der Waals surface area (Å²) in [6.07, 6.45) is 2.04. The van der Waals surface area contributed by atoms with Gasteiger partial charge in [-0.15, -0.1) is 29.1 Å². The molecule has 0 amide bonds. The van der Waals surface area contributed by atoms with E-state index in [1.165, 1.54) is 53.9 Å². The fraction of sp³-hybridized carbons (Fsp3) is 0.170. The second-order valence-corrected chi connectivity index (χ2v) is 27.2. The number of para-hydroxylation sites is 2. The summed E-state index contributed by atoms with van der Waals surface area (Å²) in [7, 11) is 0. The van der Waals surface area contributed by atoms with Crippen LogP contribution in [-0.4, -0.2) is 27.8 Å². The van der Waals surface area contributed by atoms with E-state index >= 15 is 0 Å². The Morgan fingerprint density at radius 1 is 0.586 bits per heavy atom. The van der Waals surface area contributed by atoms with Crippen molar-refractivity contribution in [3.05, 3.63) is 181 Å². The molecule has 0 atom stereocenters. The van der Waals surface area contributed by atoms with Gasteiger partial charge in [0.05, 0.1) is 16.9 Å². The van der Waals surface area contributed by atoms with Crippen LogP contribution in [0.25, 0.3) is 72.0 Å². The van der Waals surface area contributed by atoms with Crippen molar-refractivity contribution in [2.24, 2.45) is 0 Å². The number of nitrogens with zero attached hydrogens (tertiary/aromatic N) is 3. The van der Waals surface area contributed by atoms with E-state index in [-0.39, 0.29) is 20.1 Å². The van der Waals surface area contributed by atoms with E-state index in [0.29, 0.717) is 11.8 Å². The first-order chi connectivity index (χ1) is 27.6. The number of pyridine rings is 1. The van der Waals surface area contributed by atoms with E-state index in [1.54, 1.807) is 0 Å². The number of hydrogen-bond donors (Lipinski definition) is 0. The van der Waals surface area contributed by atoms with Gasteiger partial charge in [0.2, 0.25) is 0 Å². The molecule has 0 aliphatic rings. The van der Waals surface area contributed by atoms with Crippen molar-refractivity contribution < 1.29 is 20.1 Å². The topological polar surface area (TPSA) is 30.7 Å². The van der Waals surface area contributed by atoms with E-state index < -0.39 is 13.3 Å². The van der Waals surface area contributed by atoms with Gasteiger partial charge in [-0.05, 0) is 63.7 Å². The molecular formula is C53H49GeIrN3-2. The van der Waals surface area contributed by atoms with Gasteiger partial charge in [-0.2, -0.15) is 0 Å². The summed E-state index contributed by atoms with van der Waals surface area (Å²) < 4.78 is 3.84. The Balaban J connectivity index is 0.000000254. The van der Waals surface area contributed by atoms with Crippen LogP contribution in [0.4, 0.5) is 0 Å². The van der Waals surface area contributed by atoms with Crippen LogP contribution in [0.15, 0.2) is 158 Å². The van der Waals surface area contributed by atoms with Gasteiger partial charge in [-0.25, -0.2) is 0 Å². The Hall–Kier alpha value is -5.13. The molecule has 1 radical (unpaired) electrons. The Morgan fingerprint density at radius 3 is 1.93 bits per heavy atom. The summed E-state index contributed by atoms with van der Waals surface area (Å²) in [5.41, 5.74) is 11.6. The van der Waals surface area contributed by atoms with Crippen molar-refractivity contribution in [2.75, 3.05) is 0 Å². The Morgan fingerprint density at radius 2 is 1.26 bits per heavy atom. The first-order valence-corrected chi connectivity index (χ1v) is 27.4. The molecule has 0 spiro atoms. The molecule has 0 saturated carbocycles. The standard InChI is InChI=1S/C39H33N2.C14H16GeN.Ir/c1-25(2)34-23-31(27-12-6-5-7-13-27)24-35(26(3)4)38(34)41-37-17-11-10-16-36(37)40-39(41)30-20-21-33-29(22-30)19-18-28-14-8-9-15-32(28)33;1-15(2,3)13-9-10-14(16-11-13)12-7-5-4-6-8-12;/h5-19,21-26H,1-4H3;4-7,9-11H,1-3H3;/q2*-1;. The predicted molar refractivity (Wildman–Crippen MR) is 245 cm³/mol. The van der Waals surface area contributed by atoms with Crippen LogP contribution in [-0.2, 0) is 20.1 Å². The molecule has 9 aromatic rings. The molecule has 0 aliphatic carbocycles. The average Bonchev–Trinajstić information content (AvgIpc) is 3.63. The summed E-state index contributed by atoms with van der Waals surface area (Å²) in [5, 5.41) is 4.91. The molecule has 0 aliphatic heterocycles. The van der Waals surface area contributed by atoms with Gasteiger partial charge in [0.25, 0.3) is 0 Å². The fourth-order valence-corrected chi connectivity index (χ4v) is 9.85. The van der Waals surface area contributed by atoms with Gasteiger partial charge < -0.3 is 4.57 Å². The maximum atomic E-state index is 5.24. The summed E-state index contributed by atoms with van der Waals surface area (Å²) in [6.45, 7) is 9.18. The maximum absolute atomic E-state index is 5.24. The summed E-state index contributed by atoms with van der Waals surface area (Å²) >= 11 is -1.72. The molecule has 5 heteroatoms. The zero-order valence-corrected chi connectivity index (χ0v) is 38.8. The van der Waals surface area contributed by atoms with E-state index in [2.05, 4.69) is 194 Å². The third kappa shape index (κ3) is 8.38. The van der Waals surface area contributed by atoms with Crippen LogP contribution in [0, 0.1) is 12.1 Å². The molecule has 291 valence electrons. The third-order valence-corrected chi connectivity index (χ3v) is 15.1. The number of rotatable bonds is 7. The molecule has 0 unspecified atom stereocenters. The number of aromatic nitrogens is 3. The van der Waals surface area contributed by atoms with Crippen LogP contribution in [0.3, 0.4) is 0 Å². The number of fused-ring (bicyclic) bond motifs is 4. The third-order valence-electron chi connectivity index (χ3n) is 10.8. The van der Waals surface area contributed by atoms with Gasteiger partial charge in [-0.3, -0.25) is 4.98 Å². The largest absolute Gasteiger partial charge is 0 e. The fourth-order valence-electron chi connectivity index (χ4n) is 7.67. The quantitative estimate of drug-likeness (QED) is 0.0905. The Labute approximate surface area is 359 Å². The molecule has 2 aromatic heterocycles. The average molecular weight is 993 g/mol. The minimum absolute atomic E-state index is 0. The number of hydrogen-bond acceptors (Lipinski definition) is 2. The summed E-state index contributed by atoms with van der Waals surface area (Å²) in [6, 6.07) is 60.5. The molecule has 9 rings (SSSR count). The molecule has 58 heavy (non-hydrogen) atoms. The van der Waals surface area contributed by atoms with Gasteiger partial charge in [0, 0.05) is 25.8 Å². The van der Waals surface area contributed by atoms with E-state index in [9.17, 15) is 0 Å². The zero-order valence-electron chi connectivity index (χ0n) is 34.3. The predicted octanol–water partition coefficient (Wildman–Crippen LogP) is 13.8. The minimum Gasteiger partial charge on any atom is 0 e. The van der Waals surface area contributed by atoms with Crippen molar-refractivity contribution in [3.8, 4) is 39.5 Å². The van der Waals surface area contributed by atoms with Gasteiger partial charge in [0.1, 0.15) is 0 Å². The van der Waals surface area contributed by atoms with Crippen LogP contribution >= 0.6 is 0 Å². The molecule has 0 bridgehead atoms. The summed E-state index contributed by atoms with van der Waals surface area (Å²) in [5.74, 6) is 8.72. The van der Waals surface area contributed by atoms with Crippen LogP contribution < -0.4 is 4.40 Å². The molecule has 2 heterocycles. The molecule has 0 N–H and O–H groups in total. The van der Waals surface area contributed by atoms with Crippen LogP contribution in [0.2, 0.25) is 17.3 Å². The smallest absolute Gasteiger partial charge is 0 e. The van der Waals surface area contributed by atoms with Crippen LogP contribution in [0.1, 0.15) is 50.7 Å². The normalized spacial score (nSPS) is 11.5. The Kier molecular flexibility index (Phi) is 12.3. The van der Waals surface area contributed by atoms with Gasteiger partial charge in [0.15, 0.2) is 0 Å². The second-order valence-electron chi connectivity index (χ2n) is 16.5. The SMILES string of the molecule is CC(C)c1cc(-c2ccccc2)cc(C(C)C)c1-n1c(-c2[c-]cc3c(ccc4ccccc43)c2)nc2ccccc21.[CH3][Ge]([CH3])([CH3])[c]1ccc(-c2[c-]cccc2)nc1.[Ir]. The zero-order chi connectivity index (χ0) is 39.7. The minimum atomic E-state index is -1.72. The molecule has 3 nitrogen and oxygen atoms in total. The monoisotopic (exact) mass is 994 g/mol. The molecular weight excluding hydrogens is 943 g/mol. The van der Waals surface area contributed by atoms with Crippen molar-refractivity contribution in [1.29, 1.82) is 0 Å². The van der Waals surface area contributed by atoms with Crippen molar-refractivity contribution >= 4 is 50.2 Å². The van der Waals surface area contributed by atoms with Crippen molar-refractivity contribution in [3.63, 3.8) is 0 Å². The van der Waals surface area contributed by atoms with Gasteiger partial charge in [-0.1, -0.05) is 117 Å². The van der Waals surface area contributed by atoms with Crippen molar-refractivity contribution in [1.82, 2.24) is 14.5 Å². The van der Waals surface area contributed by atoms with Crippen LogP contribution in [0.5, 0.6) is 0 Å². The molecule has 0 fully saturated rings.